The summed E-state index contributed by atoms with van der Waals surface area (Å²) in [4.78, 5) is 23.6. The van der Waals surface area contributed by atoms with Gasteiger partial charge in [-0.2, -0.15) is 5.10 Å². The van der Waals surface area contributed by atoms with Gasteiger partial charge in [0.1, 0.15) is 0 Å². The molecular weight excluding hydrogens is 334 g/mol. The molecule has 2 amide bonds. The fourth-order valence-corrected chi connectivity index (χ4v) is 3.38. The van der Waals surface area contributed by atoms with Crippen molar-refractivity contribution in [1.29, 1.82) is 0 Å². The number of hydrogen-bond acceptors (Lipinski definition) is 3. The number of benzene rings is 1. The van der Waals surface area contributed by atoms with Gasteiger partial charge in [0, 0.05) is 22.4 Å². The smallest absolute Gasteiger partial charge is 0.243 e. The highest BCUT2D eigenvalue weighted by molar-refractivity contribution is 9.09. The van der Waals surface area contributed by atoms with E-state index in [9.17, 15) is 9.59 Å². The van der Waals surface area contributed by atoms with E-state index in [0.717, 1.165) is 29.8 Å². The van der Waals surface area contributed by atoms with Gasteiger partial charge in [-0.15, -0.1) is 0 Å². The molecule has 4 rings (SSSR count). The summed E-state index contributed by atoms with van der Waals surface area (Å²) in [7, 11) is 0. The second kappa shape index (κ2) is 4.66. The summed E-state index contributed by atoms with van der Waals surface area (Å²) in [5.41, 5.74) is 5.32. The summed E-state index contributed by atoms with van der Waals surface area (Å²) in [5, 5.41) is 7.08. The van der Waals surface area contributed by atoms with Crippen LogP contribution in [0.5, 0.6) is 0 Å². The van der Waals surface area contributed by atoms with Gasteiger partial charge in [-0.05, 0) is 30.5 Å². The number of halogens is 1. The molecule has 0 spiro atoms. The number of hydrogen-bond donors (Lipinski definition) is 2. The number of hydrazone groups is 1. The quantitative estimate of drug-likeness (QED) is 0.819. The first-order valence-electron chi connectivity index (χ1n) is 7.06. The Bertz CT molecular complexity index is 655. The Morgan fingerprint density at radius 1 is 1.24 bits per heavy atom. The third kappa shape index (κ3) is 2.37. The molecule has 21 heavy (non-hydrogen) atoms. The van der Waals surface area contributed by atoms with Crippen LogP contribution in [0.4, 0.5) is 5.69 Å². The molecule has 1 aliphatic heterocycles. The molecule has 2 saturated carbocycles. The zero-order valence-corrected chi connectivity index (χ0v) is 12.8. The molecule has 0 bridgehead atoms. The lowest BCUT2D eigenvalue weighted by molar-refractivity contribution is -0.122. The van der Waals surface area contributed by atoms with Crippen LogP contribution in [0.2, 0.25) is 0 Å². The second-order valence-electron chi connectivity index (χ2n) is 5.85. The maximum Gasteiger partial charge on any atom is 0.243 e. The monoisotopic (exact) mass is 347 g/mol. The Morgan fingerprint density at radius 3 is 2.62 bits per heavy atom. The highest BCUT2D eigenvalue weighted by Crippen LogP contribution is 2.43. The van der Waals surface area contributed by atoms with Crippen LogP contribution >= 0.6 is 15.9 Å². The number of fused-ring (bicyclic) bond motifs is 1. The van der Waals surface area contributed by atoms with Gasteiger partial charge >= 0.3 is 0 Å². The van der Waals surface area contributed by atoms with E-state index in [2.05, 4.69) is 31.8 Å². The molecule has 4 unspecified atom stereocenters. The lowest BCUT2D eigenvalue weighted by Gasteiger charge is -2.12. The van der Waals surface area contributed by atoms with Crippen molar-refractivity contribution >= 4 is 39.1 Å². The summed E-state index contributed by atoms with van der Waals surface area (Å²) in [6.45, 7) is 0. The van der Waals surface area contributed by atoms with Gasteiger partial charge in [0.25, 0.3) is 0 Å². The van der Waals surface area contributed by atoms with E-state index in [1.54, 1.807) is 0 Å². The standard InChI is InChI=1S/C15H14BrN3O2/c16-12-6-11(12)14(20)17-8-3-1-7(2-4-8)13-9-5-10(9)15(21)19-18-13/h1-4,9-12H,5-6H2,(H,17,20)(H,19,21). The van der Waals surface area contributed by atoms with Crippen LogP contribution in [0.3, 0.4) is 0 Å². The number of rotatable bonds is 3. The molecule has 2 N–H and O–H groups in total. The molecule has 4 atom stereocenters. The van der Waals surface area contributed by atoms with Crippen LogP contribution in [-0.4, -0.2) is 22.4 Å². The molecule has 108 valence electrons. The van der Waals surface area contributed by atoms with Crippen LogP contribution in [0.15, 0.2) is 29.4 Å². The number of nitrogens with one attached hydrogen (secondary N) is 2. The molecular formula is C15H14BrN3O2. The van der Waals surface area contributed by atoms with E-state index >= 15 is 0 Å². The number of carbonyl (C=O) groups excluding carboxylic acids is 2. The van der Waals surface area contributed by atoms with Crippen molar-refractivity contribution in [3.8, 4) is 0 Å². The van der Waals surface area contributed by atoms with E-state index in [4.69, 9.17) is 0 Å². The number of nitrogens with zero attached hydrogens (tertiary/aromatic N) is 1. The van der Waals surface area contributed by atoms with Gasteiger partial charge in [0.15, 0.2) is 0 Å². The van der Waals surface area contributed by atoms with Gasteiger partial charge in [-0.1, -0.05) is 28.1 Å². The number of alkyl halides is 1. The van der Waals surface area contributed by atoms with Crippen molar-refractivity contribution in [3.63, 3.8) is 0 Å². The van der Waals surface area contributed by atoms with Crippen molar-refractivity contribution in [2.75, 3.05) is 5.32 Å². The predicted molar refractivity (Wildman–Crippen MR) is 82.2 cm³/mol. The SMILES string of the molecule is O=C(Nc1ccc(C2=NNC(=O)C3CC23)cc1)C1CC1Br. The first kappa shape index (κ1) is 13.0. The minimum absolute atomic E-state index is 0.0291. The zero-order chi connectivity index (χ0) is 14.6. The van der Waals surface area contributed by atoms with E-state index in [1.807, 2.05) is 24.3 Å². The van der Waals surface area contributed by atoms with Crippen molar-refractivity contribution in [1.82, 2.24) is 5.43 Å². The predicted octanol–water partition coefficient (Wildman–Crippen LogP) is 1.88. The third-order valence-electron chi connectivity index (χ3n) is 4.26. The Balaban J connectivity index is 1.47. The van der Waals surface area contributed by atoms with Crippen LogP contribution in [-0.2, 0) is 9.59 Å². The van der Waals surface area contributed by atoms with Gasteiger partial charge < -0.3 is 5.32 Å². The third-order valence-corrected chi connectivity index (χ3v) is 5.27. The maximum absolute atomic E-state index is 11.9. The Labute approximate surface area is 130 Å². The average Bonchev–Trinajstić information content (AvgIpc) is 3.36. The van der Waals surface area contributed by atoms with E-state index in [1.165, 1.54) is 0 Å². The average molecular weight is 348 g/mol. The maximum atomic E-state index is 11.9. The fourth-order valence-electron chi connectivity index (χ4n) is 2.74. The topological polar surface area (TPSA) is 70.6 Å². The highest BCUT2D eigenvalue weighted by atomic mass is 79.9. The Hall–Kier alpha value is -1.69. The van der Waals surface area contributed by atoms with E-state index < -0.39 is 0 Å². The lowest BCUT2D eigenvalue weighted by atomic mass is 10.0. The summed E-state index contributed by atoms with van der Waals surface area (Å²) < 4.78 is 0. The summed E-state index contributed by atoms with van der Waals surface area (Å²) in [6, 6.07) is 7.66. The second-order valence-corrected chi connectivity index (χ2v) is 7.02. The van der Waals surface area contributed by atoms with Crippen LogP contribution in [0.25, 0.3) is 0 Å². The minimum Gasteiger partial charge on any atom is -0.326 e. The van der Waals surface area contributed by atoms with Crippen molar-refractivity contribution in [3.05, 3.63) is 29.8 Å². The molecule has 1 aromatic rings. The molecule has 0 aromatic heterocycles. The molecule has 2 aliphatic carbocycles. The van der Waals surface area contributed by atoms with Crippen LogP contribution in [0.1, 0.15) is 18.4 Å². The van der Waals surface area contributed by atoms with Gasteiger partial charge in [-0.25, -0.2) is 5.43 Å². The Kier molecular flexibility index (Phi) is 2.89. The highest BCUT2D eigenvalue weighted by Gasteiger charge is 2.49. The summed E-state index contributed by atoms with van der Waals surface area (Å²) in [5.74, 6) is 0.549. The molecule has 1 aromatic carbocycles. The Morgan fingerprint density at radius 2 is 1.95 bits per heavy atom. The van der Waals surface area contributed by atoms with E-state index in [0.29, 0.717) is 4.83 Å². The molecule has 1 heterocycles. The minimum atomic E-state index is 0.0291. The van der Waals surface area contributed by atoms with Gasteiger partial charge in [-0.3, -0.25) is 9.59 Å². The molecule has 3 aliphatic rings. The van der Waals surface area contributed by atoms with Crippen LogP contribution < -0.4 is 10.7 Å². The number of carbonyl (C=O) groups is 2. The van der Waals surface area contributed by atoms with Gasteiger partial charge in [0.2, 0.25) is 11.8 Å². The fraction of sp³-hybridized carbons (Fsp3) is 0.400. The largest absolute Gasteiger partial charge is 0.326 e. The molecule has 0 radical (unpaired) electrons. The number of anilines is 1. The first-order valence-corrected chi connectivity index (χ1v) is 7.98. The first-order chi connectivity index (χ1) is 10.1. The molecule has 5 nitrogen and oxygen atoms in total. The van der Waals surface area contributed by atoms with Crippen molar-refractivity contribution < 1.29 is 9.59 Å². The number of amides is 2. The lowest BCUT2D eigenvalue weighted by Crippen LogP contribution is -2.28. The summed E-state index contributed by atoms with van der Waals surface area (Å²) in [6.07, 6.45) is 1.79. The van der Waals surface area contributed by atoms with E-state index in [-0.39, 0.29) is 29.6 Å². The normalized spacial score (nSPS) is 32.6. The molecule has 2 fully saturated rings. The van der Waals surface area contributed by atoms with Crippen molar-refractivity contribution in [2.45, 2.75) is 17.7 Å². The zero-order valence-electron chi connectivity index (χ0n) is 11.2. The summed E-state index contributed by atoms with van der Waals surface area (Å²) >= 11 is 3.43. The van der Waals surface area contributed by atoms with Crippen molar-refractivity contribution in [2.24, 2.45) is 22.9 Å². The van der Waals surface area contributed by atoms with Crippen LogP contribution in [0, 0.1) is 17.8 Å². The molecule has 0 saturated heterocycles. The molecule has 6 heteroatoms. The van der Waals surface area contributed by atoms with Gasteiger partial charge in [0.05, 0.1) is 11.6 Å².